The number of aromatic nitrogens is 3. The number of hydrogen-bond donors (Lipinski definition) is 1. The molecule has 0 unspecified atom stereocenters. The van der Waals surface area contributed by atoms with Crippen LogP contribution in [0.2, 0.25) is 0 Å². The van der Waals surface area contributed by atoms with Crippen molar-refractivity contribution in [2.24, 2.45) is 11.7 Å². The highest BCUT2D eigenvalue weighted by molar-refractivity contribution is 5.98. The van der Waals surface area contributed by atoms with E-state index in [1.54, 1.807) is 22.8 Å². The summed E-state index contributed by atoms with van der Waals surface area (Å²) in [4.78, 5) is 26.1. The molecule has 3 aromatic rings. The summed E-state index contributed by atoms with van der Waals surface area (Å²) in [5, 5.41) is 4.60. The van der Waals surface area contributed by atoms with Crippen LogP contribution in [0.25, 0.3) is 16.6 Å². The van der Waals surface area contributed by atoms with Gasteiger partial charge in [0, 0.05) is 23.6 Å². The minimum Gasteiger partial charge on any atom is -0.364 e. The first-order valence-corrected chi connectivity index (χ1v) is 9.59. The number of pyridine rings is 2. The van der Waals surface area contributed by atoms with Crippen molar-refractivity contribution >= 4 is 17.7 Å². The van der Waals surface area contributed by atoms with Crippen molar-refractivity contribution < 1.29 is 22.8 Å². The van der Waals surface area contributed by atoms with Gasteiger partial charge in [0.1, 0.15) is 17.7 Å². The zero-order valence-corrected chi connectivity index (χ0v) is 15.9. The first-order chi connectivity index (χ1) is 14.3. The third-order valence-electron chi connectivity index (χ3n) is 5.59. The standard InChI is InChI=1S/C21H19F3N4O2/c22-21(23,24)18-6-5-16(19(26-18)20(25)30)14-7-8-28-15(9-14)10-17(27-28)13-3-1-12(11-29)2-4-13/h5-13H,1-4H2,(H2,25,30). The summed E-state index contributed by atoms with van der Waals surface area (Å²) >= 11 is 0. The summed E-state index contributed by atoms with van der Waals surface area (Å²) in [7, 11) is 0. The minimum atomic E-state index is -4.67. The summed E-state index contributed by atoms with van der Waals surface area (Å²) in [5.74, 6) is -0.653. The molecule has 0 radical (unpaired) electrons. The smallest absolute Gasteiger partial charge is 0.364 e. The van der Waals surface area contributed by atoms with Gasteiger partial charge in [0.25, 0.3) is 5.91 Å². The number of aldehydes is 1. The van der Waals surface area contributed by atoms with Crippen molar-refractivity contribution in [1.29, 1.82) is 0 Å². The Morgan fingerprint density at radius 2 is 1.87 bits per heavy atom. The van der Waals surface area contributed by atoms with E-state index in [2.05, 4.69) is 10.1 Å². The highest BCUT2D eigenvalue weighted by atomic mass is 19.4. The molecule has 0 aliphatic heterocycles. The van der Waals surface area contributed by atoms with Crippen molar-refractivity contribution in [2.75, 3.05) is 0 Å². The molecule has 30 heavy (non-hydrogen) atoms. The SMILES string of the molecule is NC(=O)c1nc(C(F)(F)F)ccc1-c1ccn2nc(C3CCC(C=O)CC3)cc2c1. The topological polar surface area (TPSA) is 90.3 Å². The average Bonchev–Trinajstić information content (AvgIpc) is 3.16. The molecule has 6 nitrogen and oxygen atoms in total. The molecule has 3 aromatic heterocycles. The number of alkyl halides is 3. The van der Waals surface area contributed by atoms with Crippen LogP contribution in [0.3, 0.4) is 0 Å². The van der Waals surface area contributed by atoms with Crippen LogP contribution in [0.1, 0.15) is 53.5 Å². The molecule has 1 aliphatic rings. The van der Waals surface area contributed by atoms with Gasteiger partial charge in [0.15, 0.2) is 0 Å². The van der Waals surface area contributed by atoms with Crippen molar-refractivity contribution in [3.8, 4) is 11.1 Å². The fourth-order valence-electron chi connectivity index (χ4n) is 3.97. The quantitative estimate of drug-likeness (QED) is 0.651. The zero-order chi connectivity index (χ0) is 21.5. The third kappa shape index (κ3) is 3.79. The van der Waals surface area contributed by atoms with E-state index in [9.17, 15) is 22.8 Å². The lowest BCUT2D eigenvalue weighted by atomic mass is 9.81. The molecule has 1 aliphatic carbocycles. The molecule has 1 saturated carbocycles. The summed E-state index contributed by atoms with van der Waals surface area (Å²) in [6, 6.07) is 7.36. The normalized spacial score (nSPS) is 19.7. The van der Waals surface area contributed by atoms with Crippen molar-refractivity contribution in [3.63, 3.8) is 0 Å². The van der Waals surface area contributed by atoms with Crippen molar-refractivity contribution in [1.82, 2.24) is 14.6 Å². The molecule has 3 heterocycles. The molecule has 4 rings (SSSR count). The lowest BCUT2D eigenvalue weighted by Crippen LogP contribution is -2.18. The van der Waals surface area contributed by atoms with E-state index in [0.717, 1.165) is 49.2 Å². The van der Waals surface area contributed by atoms with Crippen LogP contribution < -0.4 is 5.73 Å². The van der Waals surface area contributed by atoms with Crippen LogP contribution in [0.5, 0.6) is 0 Å². The predicted molar refractivity (Wildman–Crippen MR) is 103 cm³/mol. The molecule has 0 aromatic carbocycles. The number of fused-ring (bicyclic) bond motifs is 1. The maximum absolute atomic E-state index is 13.0. The monoisotopic (exact) mass is 416 g/mol. The van der Waals surface area contributed by atoms with E-state index < -0.39 is 23.5 Å². The van der Waals surface area contributed by atoms with Crippen LogP contribution in [0, 0.1) is 5.92 Å². The number of amides is 1. The van der Waals surface area contributed by atoms with E-state index in [0.29, 0.717) is 5.56 Å². The summed E-state index contributed by atoms with van der Waals surface area (Å²) in [6.07, 6.45) is 1.48. The van der Waals surface area contributed by atoms with Gasteiger partial charge in [0.05, 0.1) is 11.2 Å². The lowest BCUT2D eigenvalue weighted by molar-refractivity contribution is -0.141. The van der Waals surface area contributed by atoms with Gasteiger partial charge in [0.2, 0.25) is 0 Å². The van der Waals surface area contributed by atoms with Gasteiger partial charge in [-0.05, 0) is 61.6 Å². The van der Waals surface area contributed by atoms with E-state index in [1.165, 1.54) is 6.07 Å². The van der Waals surface area contributed by atoms with E-state index >= 15 is 0 Å². The first kappa shape index (κ1) is 20.1. The van der Waals surface area contributed by atoms with Gasteiger partial charge >= 0.3 is 6.18 Å². The van der Waals surface area contributed by atoms with Crippen LogP contribution >= 0.6 is 0 Å². The Kier molecular flexibility index (Phi) is 5.05. The van der Waals surface area contributed by atoms with Gasteiger partial charge < -0.3 is 10.5 Å². The van der Waals surface area contributed by atoms with Crippen LogP contribution in [0.15, 0.2) is 36.5 Å². The maximum atomic E-state index is 13.0. The van der Waals surface area contributed by atoms with Gasteiger partial charge in [-0.3, -0.25) is 4.79 Å². The Morgan fingerprint density at radius 1 is 1.13 bits per heavy atom. The van der Waals surface area contributed by atoms with Crippen LogP contribution in [-0.4, -0.2) is 26.8 Å². The highest BCUT2D eigenvalue weighted by Crippen LogP contribution is 2.35. The number of nitrogens with zero attached hydrogens (tertiary/aromatic N) is 3. The number of carbonyl (C=O) groups is 2. The van der Waals surface area contributed by atoms with Gasteiger partial charge in [-0.25, -0.2) is 9.50 Å². The van der Waals surface area contributed by atoms with E-state index in [1.807, 2.05) is 6.07 Å². The Morgan fingerprint density at radius 3 is 2.50 bits per heavy atom. The summed E-state index contributed by atoms with van der Waals surface area (Å²) in [6.45, 7) is 0. The van der Waals surface area contributed by atoms with Crippen molar-refractivity contribution in [3.05, 3.63) is 53.6 Å². The molecule has 1 amide bonds. The van der Waals surface area contributed by atoms with Gasteiger partial charge in [-0.15, -0.1) is 0 Å². The van der Waals surface area contributed by atoms with Crippen LogP contribution in [0.4, 0.5) is 13.2 Å². The molecule has 0 atom stereocenters. The number of nitrogens with two attached hydrogens (primary N) is 1. The predicted octanol–water partition coefficient (Wildman–Crippen LogP) is 3.99. The van der Waals surface area contributed by atoms with E-state index in [4.69, 9.17) is 5.73 Å². The Bertz CT molecular complexity index is 1120. The number of carbonyl (C=O) groups excluding carboxylic acids is 2. The molecule has 0 spiro atoms. The first-order valence-electron chi connectivity index (χ1n) is 9.59. The van der Waals surface area contributed by atoms with Gasteiger partial charge in [-0.1, -0.05) is 0 Å². The Balaban J connectivity index is 1.69. The second-order valence-electron chi connectivity index (χ2n) is 7.56. The Labute approximate surface area is 169 Å². The molecule has 1 fully saturated rings. The van der Waals surface area contributed by atoms with Crippen LogP contribution in [-0.2, 0) is 11.0 Å². The fraction of sp³-hybridized carbons (Fsp3) is 0.333. The maximum Gasteiger partial charge on any atom is 0.433 e. The molecule has 9 heteroatoms. The molecular weight excluding hydrogens is 397 g/mol. The second-order valence-corrected chi connectivity index (χ2v) is 7.56. The summed E-state index contributed by atoms with van der Waals surface area (Å²) < 4.78 is 40.6. The number of halogens is 3. The lowest BCUT2D eigenvalue weighted by Gasteiger charge is -2.23. The minimum absolute atomic E-state index is 0.115. The Hall–Kier alpha value is -3.23. The zero-order valence-electron chi connectivity index (χ0n) is 15.9. The number of rotatable bonds is 4. The summed E-state index contributed by atoms with van der Waals surface area (Å²) in [5.41, 5.74) is 6.10. The van der Waals surface area contributed by atoms with E-state index in [-0.39, 0.29) is 17.4 Å². The fourth-order valence-corrected chi connectivity index (χ4v) is 3.97. The molecule has 0 saturated heterocycles. The second kappa shape index (κ2) is 7.55. The average molecular weight is 416 g/mol. The largest absolute Gasteiger partial charge is 0.433 e. The molecule has 0 bridgehead atoms. The number of hydrogen-bond acceptors (Lipinski definition) is 4. The highest BCUT2D eigenvalue weighted by Gasteiger charge is 2.33. The number of primary amides is 1. The van der Waals surface area contributed by atoms with Crippen molar-refractivity contribution in [2.45, 2.75) is 37.8 Å². The molecule has 156 valence electrons. The third-order valence-corrected chi connectivity index (χ3v) is 5.59. The van der Waals surface area contributed by atoms with Gasteiger partial charge in [-0.2, -0.15) is 18.3 Å². The molecular formula is C21H19F3N4O2. The molecule has 2 N–H and O–H groups in total.